The standard InChI is InChI=1S/C20H19NO6/c1-24-15-6-10(7-16(25-2)19(15)26-3)17-12-5-4-11(22)8-13(12)21-14-9-27-20(23)18(14)17/h4-8,17,21-22H,9H2,1-3H3. The monoisotopic (exact) mass is 369 g/mol. The zero-order valence-corrected chi connectivity index (χ0v) is 15.2. The van der Waals surface area contributed by atoms with E-state index in [1.807, 2.05) is 12.1 Å². The Morgan fingerprint density at radius 3 is 2.41 bits per heavy atom. The minimum atomic E-state index is -0.388. The van der Waals surface area contributed by atoms with Crippen molar-refractivity contribution in [2.45, 2.75) is 5.92 Å². The Balaban J connectivity index is 1.95. The molecule has 0 radical (unpaired) electrons. The zero-order chi connectivity index (χ0) is 19.1. The highest BCUT2D eigenvalue weighted by atomic mass is 16.5. The number of ether oxygens (including phenoxy) is 4. The zero-order valence-electron chi connectivity index (χ0n) is 15.2. The predicted octanol–water partition coefficient (Wildman–Crippen LogP) is 2.79. The largest absolute Gasteiger partial charge is 0.508 e. The van der Waals surface area contributed by atoms with Crippen LogP contribution in [0.4, 0.5) is 5.69 Å². The molecule has 27 heavy (non-hydrogen) atoms. The quantitative estimate of drug-likeness (QED) is 0.802. The molecule has 140 valence electrons. The fraction of sp³-hybridized carbons (Fsp3) is 0.250. The Labute approximate surface area is 156 Å². The first-order chi connectivity index (χ1) is 13.1. The van der Waals surface area contributed by atoms with E-state index in [9.17, 15) is 9.90 Å². The third kappa shape index (κ3) is 2.63. The lowest BCUT2D eigenvalue weighted by atomic mass is 9.81. The Morgan fingerprint density at radius 1 is 1.07 bits per heavy atom. The fourth-order valence-electron chi connectivity index (χ4n) is 3.65. The molecule has 4 rings (SSSR count). The summed E-state index contributed by atoms with van der Waals surface area (Å²) in [6.07, 6.45) is 0. The van der Waals surface area contributed by atoms with Crippen molar-refractivity contribution in [3.05, 3.63) is 52.7 Å². The van der Waals surface area contributed by atoms with Crippen molar-refractivity contribution < 1.29 is 28.8 Å². The maximum absolute atomic E-state index is 12.4. The lowest BCUT2D eigenvalue weighted by Gasteiger charge is -2.28. The second-order valence-corrected chi connectivity index (χ2v) is 6.26. The Bertz CT molecular complexity index is 940. The van der Waals surface area contributed by atoms with Crippen molar-refractivity contribution in [1.82, 2.24) is 0 Å². The lowest BCUT2D eigenvalue weighted by Crippen LogP contribution is -2.20. The summed E-state index contributed by atoms with van der Waals surface area (Å²) in [5.41, 5.74) is 3.61. The highest BCUT2D eigenvalue weighted by molar-refractivity contribution is 5.97. The molecule has 1 atom stereocenters. The number of methoxy groups -OCH3 is 3. The van der Waals surface area contributed by atoms with Gasteiger partial charge in [-0.25, -0.2) is 4.79 Å². The van der Waals surface area contributed by atoms with Gasteiger partial charge >= 0.3 is 5.97 Å². The summed E-state index contributed by atoms with van der Waals surface area (Å²) >= 11 is 0. The third-order valence-electron chi connectivity index (χ3n) is 4.84. The maximum atomic E-state index is 12.4. The molecule has 0 aliphatic carbocycles. The van der Waals surface area contributed by atoms with Crippen LogP contribution in [0.15, 0.2) is 41.6 Å². The molecule has 0 saturated heterocycles. The molecule has 0 amide bonds. The molecule has 7 heteroatoms. The Kier molecular flexibility index (Phi) is 4.07. The topological polar surface area (TPSA) is 86.3 Å². The van der Waals surface area contributed by atoms with Gasteiger partial charge in [0.2, 0.25) is 5.75 Å². The minimum Gasteiger partial charge on any atom is -0.508 e. The number of anilines is 1. The molecule has 2 aromatic carbocycles. The molecular weight excluding hydrogens is 350 g/mol. The highest BCUT2D eigenvalue weighted by Gasteiger charge is 2.39. The van der Waals surface area contributed by atoms with Crippen LogP contribution in [-0.2, 0) is 9.53 Å². The SMILES string of the molecule is COc1cc(C2C3=C(COC3=O)Nc3cc(O)ccc32)cc(OC)c1OC. The molecule has 0 fully saturated rings. The van der Waals surface area contributed by atoms with Crippen LogP contribution in [0.3, 0.4) is 0 Å². The van der Waals surface area contributed by atoms with Crippen LogP contribution in [0.5, 0.6) is 23.0 Å². The van der Waals surface area contributed by atoms with Crippen molar-refractivity contribution >= 4 is 11.7 Å². The average Bonchev–Trinajstić information content (AvgIpc) is 3.05. The van der Waals surface area contributed by atoms with Gasteiger partial charge < -0.3 is 29.4 Å². The van der Waals surface area contributed by atoms with Gasteiger partial charge in [0.1, 0.15) is 12.4 Å². The number of hydrogen-bond donors (Lipinski definition) is 2. The van der Waals surface area contributed by atoms with Crippen LogP contribution >= 0.6 is 0 Å². The van der Waals surface area contributed by atoms with Crippen LogP contribution in [-0.4, -0.2) is 39.0 Å². The van der Waals surface area contributed by atoms with E-state index in [2.05, 4.69) is 5.32 Å². The van der Waals surface area contributed by atoms with Gasteiger partial charge in [0.05, 0.1) is 32.6 Å². The number of rotatable bonds is 4. The third-order valence-corrected chi connectivity index (χ3v) is 4.84. The first-order valence-corrected chi connectivity index (χ1v) is 8.37. The van der Waals surface area contributed by atoms with Crippen molar-refractivity contribution in [3.63, 3.8) is 0 Å². The fourth-order valence-corrected chi connectivity index (χ4v) is 3.65. The molecule has 1 unspecified atom stereocenters. The number of carbonyl (C=O) groups excluding carboxylic acids is 1. The van der Waals surface area contributed by atoms with Crippen molar-refractivity contribution in [3.8, 4) is 23.0 Å². The van der Waals surface area contributed by atoms with E-state index in [4.69, 9.17) is 18.9 Å². The summed E-state index contributed by atoms with van der Waals surface area (Å²) in [6, 6.07) is 8.67. The van der Waals surface area contributed by atoms with E-state index < -0.39 is 0 Å². The van der Waals surface area contributed by atoms with Crippen LogP contribution in [0.1, 0.15) is 17.0 Å². The van der Waals surface area contributed by atoms with E-state index in [1.54, 1.807) is 32.4 Å². The summed E-state index contributed by atoms with van der Waals surface area (Å²) in [4.78, 5) is 12.4. The molecule has 2 aliphatic rings. The first kappa shape index (κ1) is 17.1. The lowest BCUT2D eigenvalue weighted by molar-refractivity contribution is -0.136. The van der Waals surface area contributed by atoms with E-state index in [-0.39, 0.29) is 24.2 Å². The molecule has 2 heterocycles. The number of aromatic hydroxyl groups is 1. The van der Waals surface area contributed by atoms with E-state index in [0.717, 1.165) is 16.8 Å². The van der Waals surface area contributed by atoms with Crippen LogP contribution in [0.25, 0.3) is 0 Å². The number of hydrogen-bond acceptors (Lipinski definition) is 7. The van der Waals surface area contributed by atoms with Gasteiger partial charge in [0.25, 0.3) is 0 Å². The number of phenolic OH excluding ortho intramolecular Hbond substituents is 1. The number of carbonyl (C=O) groups is 1. The second-order valence-electron chi connectivity index (χ2n) is 6.26. The van der Waals surface area contributed by atoms with Crippen molar-refractivity contribution in [2.75, 3.05) is 33.3 Å². The Hall–Kier alpha value is -3.35. The second kappa shape index (κ2) is 6.42. The van der Waals surface area contributed by atoms with Gasteiger partial charge in [0, 0.05) is 17.7 Å². The summed E-state index contributed by atoms with van der Waals surface area (Å²) < 4.78 is 21.6. The molecule has 0 aromatic heterocycles. The molecular formula is C20H19NO6. The number of benzene rings is 2. The molecule has 2 N–H and O–H groups in total. The number of esters is 1. The molecule has 2 aliphatic heterocycles. The molecule has 7 nitrogen and oxygen atoms in total. The summed E-state index contributed by atoms with van der Waals surface area (Å²) in [5.74, 6) is 0.861. The average molecular weight is 369 g/mol. The van der Waals surface area contributed by atoms with Crippen LogP contribution in [0.2, 0.25) is 0 Å². The molecule has 0 bridgehead atoms. The predicted molar refractivity (Wildman–Crippen MR) is 97.7 cm³/mol. The van der Waals surface area contributed by atoms with Crippen LogP contribution < -0.4 is 19.5 Å². The normalized spacial score (nSPS) is 17.6. The van der Waals surface area contributed by atoms with Gasteiger partial charge in [-0.15, -0.1) is 0 Å². The summed E-state index contributed by atoms with van der Waals surface area (Å²) in [5, 5.41) is 13.1. The van der Waals surface area contributed by atoms with E-state index >= 15 is 0 Å². The molecule has 2 aromatic rings. The summed E-state index contributed by atoms with van der Waals surface area (Å²) in [7, 11) is 4.63. The van der Waals surface area contributed by atoms with Crippen molar-refractivity contribution in [1.29, 1.82) is 0 Å². The Morgan fingerprint density at radius 2 is 1.78 bits per heavy atom. The van der Waals surface area contributed by atoms with E-state index in [0.29, 0.717) is 28.5 Å². The number of cyclic esters (lactones) is 1. The van der Waals surface area contributed by atoms with Gasteiger partial charge in [-0.1, -0.05) is 6.07 Å². The highest BCUT2D eigenvalue weighted by Crippen LogP contribution is 2.48. The molecule has 0 spiro atoms. The van der Waals surface area contributed by atoms with Gasteiger partial charge in [0.15, 0.2) is 11.5 Å². The number of phenols is 1. The molecule has 0 saturated carbocycles. The number of nitrogens with one attached hydrogen (secondary N) is 1. The van der Waals surface area contributed by atoms with Gasteiger partial charge in [-0.05, 0) is 29.3 Å². The number of fused-ring (bicyclic) bond motifs is 1. The van der Waals surface area contributed by atoms with Gasteiger partial charge in [-0.2, -0.15) is 0 Å². The smallest absolute Gasteiger partial charge is 0.337 e. The van der Waals surface area contributed by atoms with Crippen LogP contribution in [0, 0.1) is 0 Å². The van der Waals surface area contributed by atoms with E-state index in [1.165, 1.54) is 7.11 Å². The minimum absolute atomic E-state index is 0.138. The van der Waals surface area contributed by atoms with Crippen molar-refractivity contribution in [2.24, 2.45) is 0 Å². The van der Waals surface area contributed by atoms with Gasteiger partial charge in [-0.3, -0.25) is 0 Å². The first-order valence-electron chi connectivity index (χ1n) is 8.37. The summed E-state index contributed by atoms with van der Waals surface area (Å²) in [6.45, 7) is 0.171. The maximum Gasteiger partial charge on any atom is 0.337 e.